The van der Waals surface area contributed by atoms with Crippen molar-refractivity contribution in [2.24, 2.45) is 0 Å². The molecule has 2 fully saturated rings. The number of rotatable bonds is 6. The van der Waals surface area contributed by atoms with Crippen LogP contribution < -0.4 is 31.7 Å². The molecule has 2 aliphatic rings. The molecular weight excluding hydrogens is 442 g/mol. The fourth-order valence-electron chi connectivity index (χ4n) is 4.18. The first-order valence-corrected chi connectivity index (χ1v) is 16.5. The van der Waals surface area contributed by atoms with Gasteiger partial charge in [0, 0.05) is 0 Å². The van der Waals surface area contributed by atoms with Gasteiger partial charge in [-0.25, -0.2) is 0 Å². The molecule has 2 N–H and O–H groups in total. The zero-order valence-corrected chi connectivity index (χ0v) is 19.3. The van der Waals surface area contributed by atoms with Gasteiger partial charge in [-0.2, -0.15) is 0 Å². The molecule has 0 radical (unpaired) electrons. The van der Waals surface area contributed by atoms with Gasteiger partial charge in [-0.15, -0.1) is 0 Å². The summed E-state index contributed by atoms with van der Waals surface area (Å²) in [5, 5.41) is 11.5. The van der Waals surface area contributed by atoms with Crippen molar-refractivity contribution in [2.75, 3.05) is 0 Å². The normalized spacial score (nSPS) is 23.9. The van der Waals surface area contributed by atoms with Gasteiger partial charge in [0.2, 0.25) is 0 Å². The van der Waals surface area contributed by atoms with Gasteiger partial charge < -0.3 is 0 Å². The molecule has 0 amide bonds. The number of hydrogen-bond donors (Lipinski definition) is 2. The molecule has 7 heteroatoms. The van der Waals surface area contributed by atoms with Crippen LogP contribution in [0.5, 0.6) is 0 Å². The molecule has 2 saturated heterocycles. The monoisotopic (exact) mass is 464 g/mol. The first-order chi connectivity index (χ1) is 15.2. The molecule has 2 aliphatic heterocycles. The summed E-state index contributed by atoms with van der Waals surface area (Å²) in [5.41, 5.74) is 0. The van der Waals surface area contributed by atoms with Crippen molar-refractivity contribution in [1.82, 2.24) is 10.5 Å². The molecular formula is C24H22N2O2P2S. The van der Waals surface area contributed by atoms with E-state index in [0.29, 0.717) is 0 Å². The third-order valence-corrected chi connectivity index (χ3v) is 23.8. The zero-order chi connectivity index (χ0) is 20.9. The van der Waals surface area contributed by atoms with Crippen molar-refractivity contribution in [3.8, 4) is 0 Å². The fourth-order valence-corrected chi connectivity index (χ4v) is 25.8. The predicted molar refractivity (Wildman–Crippen MR) is 134 cm³/mol. The molecule has 4 aromatic carbocycles. The average molecular weight is 464 g/mol. The first kappa shape index (κ1) is 19.6. The van der Waals surface area contributed by atoms with Gasteiger partial charge in [0.05, 0.1) is 0 Å². The van der Waals surface area contributed by atoms with Crippen molar-refractivity contribution in [2.45, 2.75) is 0 Å². The molecule has 6 rings (SSSR count). The van der Waals surface area contributed by atoms with E-state index in [1.807, 2.05) is 35.3 Å². The van der Waals surface area contributed by atoms with E-state index in [4.69, 9.17) is 9.25 Å². The standard InChI is InChI=1S/C24H22N2O2P2S/c1-5-13-21(14-6-1)29(25-27-29,22-15-7-2-8-16-22)31-30(26-28-30,23-17-9-3-10-18-23)24-19-11-4-12-20-24/h1-20,25-26H. The van der Waals surface area contributed by atoms with Crippen LogP contribution >= 0.6 is 23.4 Å². The van der Waals surface area contributed by atoms with Crippen LogP contribution in [0.3, 0.4) is 0 Å². The van der Waals surface area contributed by atoms with Gasteiger partial charge in [0.25, 0.3) is 0 Å². The van der Waals surface area contributed by atoms with Crippen molar-refractivity contribution in [1.29, 1.82) is 0 Å². The summed E-state index contributed by atoms with van der Waals surface area (Å²) in [6.07, 6.45) is -6.47. The van der Waals surface area contributed by atoms with Crippen molar-refractivity contribution in [3.63, 3.8) is 0 Å². The number of nitrogens with one attached hydrogen (secondary N) is 2. The van der Waals surface area contributed by atoms with Gasteiger partial charge in [0.1, 0.15) is 0 Å². The van der Waals surface area contributed by atoms with Gasteiger partial charge >= 0.3 is 186 Å². The van der Waals surface area contributed by atoms with Crippen LogP contribution in [0.2, 0.25) is 0 Å². The second kappa shape index (κ2) is 6.71. The minimum absolute atomic E-state index is 1.15. The van der Waals surface area contributed by atoms with Crippen molar-refractivity contribution < 1.29 is 9.25 Å². The first-order valence-electron chi connectivity index (χ1n) is 10.1. The van der Waals surface area contributed by atoms with Crippen LogP contribution in [0.15, 0.2) is 121 Å². The molecule has 0 atom stereocenters. The Morgan fingerprint density at radius 3 is 0.839 bits per heavy atom. The van der Waals surface area contributed by atoms with E-state index >= 15 is 0 Å². The van der Waals surface area contributed by atoms with E-state index in [2.05, 4.69) is 108 Å². The molecule has 4 nitrogen and oxygen atoms in total. The summed E-state index contributed by atoms with van der Waals surface area (Å²) in [7, 11) is 0. The maximum atomic E-state index is 6.46. The SMILES string of the molecule is c1ccc(P2(SP3(c4ccccc4)(c4ccccc4)NO3)(c3ccccc3)NO2)cc1. The van der Waals surface area contributed by atoms with Crippen LogP contribution in [0, 0.1) is 0 Å². The Morgan fingerprint density at radius 1 is 0.419 bits per heavy atom. The second-order valence-corrected chi connectivity index (χ2v) is 20.6. The topological polar surface area (TPSA) is 68.9 Å². The molecule has 0 unspecified atom stereocenters. The molecule has 0 spiro atoms. The molecule has 2 heterocycles. The zero-order valence-electron chi connectivity index (χ0n) is 16.7. The van der Waals surface area contributed by atoms with E-state index in [9.17, 15) is 0 Å². The van der Waals surface area contributed by atoms with Crippen LogP contribution in [-0.4, -0.2) is 0 Å². The Morgan fingerprint density at radius 2 is 0.645 bits per heavy atom. The molecule has 156 valence electrons. The Bertz CT molecular complexity index is 1050. The molecule has 4 aromatic rings. The number of benzene rings is 4. The summed E-state index contributed by atoms with van der Waals surface area (Å²) in [6.45, 7) is 0. The van der Waals surface area contributed by atoms with Gasteiger partial charge in [-0.3, -0.25) is 0 Å². The van der Waals surface area contributed by atoms with Gasteiger partial charge in [-0.1, -0.05) is 0 Å². The summed E-state index contributed by atoms with van der Waals surface area (Å²) in [5.74, 6) is 0. The predicted octanol–water partition coefficient (Wildman–Crippen LogP) is 4.69. The molecule has 0 saturated carbocycles. The van der Waals surface area contributed by atoms with Crippen LogP contribution in [0.25, 0.3) is 0 Å². The fraction of sp³-hybridized carbons (Fsp3) is 0. The quantitative estimate of drug-likeness (QED) is 0.320. The van der Waals surface area contributed by atoms with Gasteiger partial charge in [-0.05, 0) is 0 Å². The molecule has 0 aliphatic carbocycles. The van der Waals surface area contributed by atoms with E-state index < -0.39 is 12.4 Å². The van der Waals surface area contributed by atoms with Crippen molar-refractivity contribution in [3.05, 3.63) is 121 Å². The van der Waals surface area contributed by atoms with Crippen LogP contribution in [0.4, 0.5) is 0 Å². The average Bonchev–Trinajstić information content (AvgIpc) is 3.79. The summed E-state index contributed by atoms with van der Waals surface area (Å²) >= 11 is 1.83. The molecule has 0 bridgehead atoms. The Hall–Kier alpha value is -2.07. The Kier molecular flexibility index (Phi) is 4.25. The molecule has 0 aromatic heterocycles. The second-order valence-electron chi connectivity index (χ2n) is 7.70. The third kappa shape index (κ3) is 2.67. The molecule has 31 heavy (non-hydrogen) atoms. The third-order valence-electron chi connectivity index (χ3n) is 5.91. The van der Waals surface area contributed by atoms with Crippen molar-refractivity contribution >= 4 is 44.6 Å². The summed E-state index contributed by atoms with van der Waals surface area (Å²) in [6, 6.07) is 42.0. The summed E-state index contributed by atoms with van der Waals surface area (Å²) < 4.78 is 12.9. The van der Waals surface area contributed by atoms with Crippen LogP contribution in [-0.2, 0) is 9.25 Å². The van der Waals surface area contributed by atoms with E-state index in [1.165, 1.54) is 0 Å². The van der Waals surface area contributed by atoms with E-state index in [1.54, 1.807) is 0 Å². The Balaban J connectivity index is 1.64. The maximum absolute atomic E-state index is 6.46. The van der Waals surface area contributed by atoms with Crippen LogP contribution in [0.1, 0.15) is 0 Å². The van der Waals surface area contributed by atoms with E-state index in [-0.39, 0.29) is 0 Å². The Labute approximate surface area is 185 Å². The minimum atomic E-state index is -3.24. The summed E-state index contributed by atoms with van der Waals surface area (Å²) in [4.78, 5) is 0. The van der Waals surface area contributed by atoms with E-state index in [0.717, 1.165) is 21.2 Å². The number of hydrogen-bond acceptors (Lipinski definition) is 5. The van der Waals surface area contributed by atoms with Gasteiger partial charge in [0.15, 0.2) is 0 Å².